The standard InChI is InChI=1S/C15H15ClFNO/c1-10(18)11-6-7-15(14(17)8-11)19-9-12-4-2-3-5-13(12)16/h2-8,10H,9,18H2,1H3/t10-/m0/s1. The van der Waals surface area contributed by atoms with Gasteiger partial charge < -0.3 is 10.5 Å². The van der Waals surface area contributed by atoms with Crippen LogP contribution in [0.4, 0.5) is 4.39 Å². The molecule has 19 heavy (non-hydrogen) atoms. The van der Waals surface area contributed by atoms with Crippen LogP contribution in [0.25, 0.3) is 0 Å². The van der Waals surface area contributed by atoms with E-state index < -0.39 is 5.82 Å². The summed E-state index contributed by atoms with van der Waals surface area (Å²) in [6.07, 6.45) is 0. The molecule has 0 heterocycles. The highest BCUT2D eigenvalue weighted by Crippen LogP contribution is 2.23. The molecule has 2 nitrogen and oxygen atoms in total. The van der Waals surface area contributed by atoms with Crippen LogP contribution in [0.1, 0.15) is 24.1 Å². The Morgan fingerprint density at radius 2 is 2.00 bits per heavy atom. The molecule has 100 valence electrons. The first-order valence-electron chi connectivity index (χ1n) is 5.99. The average molecular weight is 280 g/mol. The molecule has 0 saturated heterocycles. The normalized spacial score (nSPS) is 12.2. The number of ether oxygens (including phenoxy) is 1. The molecule has 0 radical (unpaired) electrons. The smallest absolute Gasteiger partial charge is 0.165 e. The molecule has 2 rings (SSSR count). The SMILES string of the molecule is C[C@H](N)c1ccc(OCc2ccccc2Cl)c(F)c1. The van der Waals surface area contributed by atoms with Crippen molar-refractivity contribution in [2.75, 3.05) is 0 Å². The minimum atomic E-state index is -0.415. The van der Waals surface area contributed by atoms with Crippen LogP contribution >= 0.6 is 11.6 Å². The van der Waals surface area contributed by atoms with E-state index in [1.165, 1.54) is 6.07 Å². The summed E-state index contributed by atoms with van der Waals surface area (Å²) in [6, 6.07) is 11.9. The maximum absolute atomic E-state index is 13.8. The van der Waals surface area contributed by atoms with E-state index in [0.717, 1.165) is 11.1 Å². The summed E-state index contributed by atoms with van der Waals surface area (Å²) >= 11 is 6.01. The molecule has 1 atom stereocenters. The van der Waals surface area contributed by atoms with Gasteiger partial charge in [0, 0.05) is 16.6 Å². The highest BCUT2D eigenvalue weighted by atomic mass is 35.5. The second-order valence-corrected chi connectivity index (χ2v) is 4.77. The maximum Gasteiger partial charge on any atom is 0.165 e. The summed E-state index contributed by atoms with van der Waals surface area (Å²) in [6.45, 7) is 2.03. The van der Waals surface area contributed by atoms with Crippen LogP contribution in [0, 0.1) is 5.82 Å². The van der Waals surface area contributed by atoms with Gasteiger partial charge in [-0.3, -0.25) is 0 Å². The van der Waals surface area contributed by atoms with Gasteiger partial charge in [-0.05, 0) is 30.7 Å². The van der Waals surface area contributed by atoms with Crippen LogP contribution in [0.2, 0.25) is 5.02 Å². The van der Waals surface area contributed by atoms with Crippen molar-refractivity contribution in [1.82, 2.24) is 0 Å². The Morgan fingerprint density at radius 1 is 1.26 bits per heavy atom. The van der Waals surface area contributed by atoms with E-state index in [4.69, 9.17) is 22.1 Å². The third kappa shape index (κ3) is 3.46. The lowest BCUT2D eigenvalue weighted by Gasteiger charge is -2.11. The number of hydrogen-bond acceptors (Lipinski definition) is 2. The molecule has 0 aromatic heterocycles. The predicted molar refractivity (Wildman–Crippen MR) is 74.8 cm³/mol. The van der Waals surface area contributed by atoms with E-state index in [9.17, 15) is 4.39 Å². The minimum Gasteiger partial charge on any atom is -0.486 e. The molecule has 2 aromatic carbocycles. The molecular weight excluding hydrogens is 265 g/mol. The van der Waals surface area contributed by atoms with Crippen LogP contribution < -0.4 is 10.5 Å². The lowest BCUT2D eigenvalue weighted by molar-refractivity contribution is 0.290. The van der Waals surface area contributed by atoms with E-state index in [0.29, 0.717) is 5.02 Å². The average Bonchev–Trinajstić information content (AvgIpc) is 2.39. The molecule has 0 amide bonds. The van der Waals surface area contributed by atoms with Crippen LogP contribution in [-0.4, -0.2) is 0 Å². The van der Waals surface area contributed by atoms with Crippen molar-refractivity contribution in [1.29, 1.82) is 0 Å². The number of nitrogens with two attached hydrogens (primary N) is 1. The number of rotatable bonds is 4. The highest BCUT2D eigenvalue weighted by molar-refractivity contribution is 6.31. The Labute approximate surface area is 117 Å². The summed E-state index contributed by atoms with van der Waals surface area (Å²) in [5, 5.41) is 0.607. The predicted octanol–water partition coefficient (Wildman–Crippen LogP) is 4.08. The lowest BCUT2D eigenvalue weighted by Crippen LogP contribution is -2.06. The van der Waals surface area contributed by atoms with Gasteiger partial charge in [0.1, 0.15) is 6.61 Å². The zero-order chi connectivity index (χ0) is 13.8. The molecule has 0 unspecified atom stereocenters. The first-order chi connectivity index (χ1) is 9.08. The van der Waals surface area contributed by atoms with Crippen molar-refractivity contribution in [2.24, 2.45) is 5.73 Å². The molecule has 0 aliphatic carbocycles. The zero-order valence-electron chi connectivity index (χ0n) is 10.6. The van der Waals surface area contributed by atoms with Crippen molar-refractivity contribution in [3.8, 4) is 5.75 Å². The molecule has 0 aliphatic heterocycles. The van der Waals surface area contributed by atoms with Crippen molar-refractivity contribution in [3.05, 3.63) is 64.4 Å². The number of benzene rings is 2. The molecule has 2 aromatic rings. The quantitative estimate of drug-likeness (QED) is 0.915. The lowest BCUT2D eigenvalue weighted by atomic mass is 10.1. The molecule has 4 heteroatoms. The molecule has 2 N–H and O–H groups in total. The largest absolute Gasteiger partial charge is 0.486 e. The van der Waals surface area contributed by atoms with Gasteiger partial charge in [0.15, 0.2) is 11.6 Å². The summed E-state index contributed by atoms with van der Waals surface area (Å²) in [4.78, 5) is 0. The van der Waals surface area contributed by atoms with Gasteiger partial charge in [0.05, 0.1) is 0 Å². The Bertz CT molecular complexity index is 572. The maximum atomic E-state index is 13.8. The minimum absolute atomic E-state index is 0.198. The first-order valence-corrected chi connectivity index (χ1v) is 6.37. The van der Waals surface area contributed by atoms with Gasteiger partial charge in [-0.25, -0.2) is 4.39 Å². The van der Waals surface area contributed by atoms with E-state index in [1.54, 1.807) is 25.1 Å². The fourth-order valence-corrected chi connectivity index (χ4v) is 1.88. The van der Waals surface area contributed by atoms with Crippen molar-refractivity contribution in [2.45, 2.75) is 19.6 Å². The van der Waals surface area contributed by atoms with Gasteiger partial charge in [0.25, 0.3) is 0 Å². The van der Waals surface area contributed by atoms with E-state index in [-0.39, 0.29) is 18.4 Å². The van der Waals surface area contributed by atoms with Crippen molar-refractivity contribution >= 4 is 11.6 Å². The van der Waals surface area contributed by atoms with Gasteiger partial charge in [-0.15, -0.1) is 0 Å². The monoisotopic (exact) mass is 279 g/mol. The number of hydrogen-bond donors (Lipinski definition) is 1. The number of halogens is 2. The highest BCUT2D eigenvalue weighted by Gasteiger charge is 2.08. The third-order valence-corrected chi connectivity index (χ3v) is 3.19. The molecule has 0 saturated carbocycles. The van der Waals surface area contributed by atoms with Gasteiger partial charge in [0.2, 0.25) is 0 Å². The molecule has 0 bridgehead atoms. The molecule has 0 fully saturated rings. The fraction of sp³-hybridized carbons (Fsp3) is 0.200. The van der Waals surface area contributed by atoms with Gasteiger partial charge in [-0.2, -0.15) is 0 Å². The summed E-state index contributed by atoms with van der Waals surface area (Å²) < 4.78 is 19.2. The topological polar surface area (TPSA) is 35.2 Å². The Kier molecular flexibility index (Phi) is 4.40. The van der Waals surface area contributed by atoms with Crippen molar-refractivity contribution in [3.63, 3.8) is 0 Å². The molecule has 0 spiro atoms. The molecule has 0 aliphatic rings. The van der Waals surface area contributed by atoms with Crippen LogP contribution in [0.3, 0.4) is 0 Å². The van der Waals surface area contributed by atoms with Crippen molar-refractivity contribution < 1.29 is 9.13 Å². The zero-order valence-corrected chi connectivity index (χ0v) is 11.3. The van der Waals surface area contributed by atoms with Crippen LogP contribution in [0.15, 0.2) is 42.5 Å². The van der Waals surface area contributed by atoms with E-state index in [2.05, 4.69) is 0 Å². The van der Waals surface area contributed by atoms with Crippen LogP contribution in [-0.2, 0) is 6.61 Å². The Balaban J connectivity index is 2.10. The van der Waals surface area contributed by atoms with Gasteiger partial charge in [-0.1, -0.05) is 35.9 Å². The van der Waals surface area contributed by atoms with Gasteiger partial charge >= 0.3 is 0 Å². The Morgan fingerprint density at radius 3 is 2.63 bits per heavy atom. The second kappa shape index (κ2) is 6.04. The molecular formula is C15H15ClFNO. The second-order valence-electron chi connectivity index (χ2n) is 4.36. The van der Waals surface area contributed by atoms with E-state index >= 15 is 0 Å². The first kappa shape index (κ1) is 13.8. The fourth-order valence-electron chi connectivity index (χ4n) is 1.69. The summed E-state index contributed by atoms with van der Waals surface area (Å²) in [5.41, 5.74) is 7.25. The summed E-state index contributed by atoms with van der Waals surface area (Å²) in [7, 11) is 0. The van der Waals surface area contributed by atoms with E-state index in [1.807, 2.05) is 18.2 Å². The van der Waals surface area contributed by atoms with Crippen LogP contribution in [0.5, 0.6) is 5.75 Å². The summed E-state index contributed by atoms with van der Waals surface area (Å²) in [5.74, 6) is -0.217. The third-order valence-electron chi connectivity index (χ3n) is 2.82. The Hall–Kier alpha value is -1.58.